The highest BCUT2D eigenvalue weighted by atomic mass is 35.5. The van der Waals surface area contributed by atoms with Crippen molar-refractivity contribution in [1.82, 2.24) is 4.98 Å². The number of piperidine rings is 1. The molecule has 0 radical (unpaired) electrons. The lowest BCUT2D eigenvalue weighted by atomic mass is 9.96. The lowest BCUT2D eigenvalue weighted by Gasteiger charge is -2.29. The fourth-order valence-corrected chi connectivity index (χ4v) is 5.53. The van der Waals surface area contributed by atoms with Crippen molar-refractivity contribution < 1.29 is 18.3 Å². The van der Waals surface area contributed by atoms with E-state index in [4.69, 9.17) is 17.3 Å². The van der Waals surface area contributed by atoms with Gasteiger partial charge < -0.3 is 15.7 Å². The Kier molecular flexibility index (Phi) is 6.29. The second kappa shape index (κ2) is 9.25. The minimum absolute atomic E-state index is 0.00390. The molecule has 3 heterocycles. The zero-order valence-electron chi connectivity index (χ0n) is 18.4. The van der Waals surface area contributed by atoms with Crippen molar-refractivity contribution >= 4 is 39.9 Å². The number of anilines is 1. The van der Waals surface area contributed by atoms with Crippen molar-refractivity contribution in [2.24, 2.45) is 15.9 Å². The number of nitrogens with two attached hydrogens (primary N) is 1. The maximum atomic E-state index is 13.8. The predicted octanol–water partition coefficient (Wildman–Crippen LogP) is 3.86. The second-order valence-electron chi connectivity index (χ2n) is 8.55. The molecule has 0 atom stereocenters. The van der Waals surface area contributed by atoms with Crippen LogP contribution in [0.5, 0.6) is 5.88 Å². The summed E-state index contributed by atoms with van der Waals surface area (Å²) in [5.74, 6) is -0.212. The number of rotatable bonds is 4. The van der Waals surface area contributed by atoms with Gasteiger partial charge in [0.1, 0.15) is 0 Å². The number of halogens is 4. The topological polar surface area (TPSA) is 87.1 Å². The van der Waals surface area contributed by atoms with Crippen LogP contribution in [-0.2, 0) is 12.6 Å². The van der Waals surface area contributed by atoms with Gasteiger partial charge in [0.05, 0.1) is 22.0 Å². The molecule has 1 aromatic heterocycles. The summed E-state index contributed by atoms with van der Waals surface area (Å²) in [5, 5.41) is 20.7. The molecule has 6 nitrogen and oxygen atoms in total. The Balaban J connectivity index is 1.65. The van der Waals surface area contributed by atoms with E-state index in [1.165, 1.54) is 23.5 Å². The largest absolute Gasteiger partial charge is 0.492 e. The molecule has 2 aliphatic heterocycles. The summed E-state index contributed by atoms with van der Waals surface area (Å²) in [6, 6.07) is 9.21. The van der Waals surface area contributed by atoms with Crippen LogP contribution >= 0.6 is 22.9 Å². The Bertz CT molecular complexity index is 1430. The van der Waals surface area contributed by atoms with Crippen LogP contribution in [0.25, 0.3) is 5.57 Å². The minimum atomic E-state index is -4.58. The molecular weight excluding hydrogens is 499 g/mol. The van der Waals surface area contributed by atoms with Gasteiger partial charge in [0, 0.05) is 36.1 Å². The van der Waals surface area contributed by atoms with E-state index in [-0.39, 0.29) is 28.9 Å². The van der Waals surface area contributed by atoms with Gasteiger partial charge in [-0.05, 0) is 53.5 Å². The maximum absolute atomic E-state index is 13.8. The summed E-state index contributed by atoms with van der Waals surface area (Å²) >= 11 is 7.15. The molecule has 182 valence electrons. The smallest absolute Gasteiger partial charge is 0.416 e. The highest BCUT2D eigenvalue weighted by Gasteiger charge is 2.34. The molecule has 35 heavy (non-hydrogen) atoms. The number of alkyl halides is 3. The Labute approximate surface area is 207 Å². The molecule has 11 heteroatoms. The lowest BCUT2D eigenvalue weighted by molar-refractivity contribution is -0.138. The van der Waals surface area contributed by atoms with Gasteiger partial charge in [-0.2, -0.15) is 28.4 Å². The molecule has 5 rings (SSSR count). The number of aromatic nitrogens is 1. The number of nitrogens with zero attached hydrogens (tertiary/aromatic N) is 4. The van der Waals surface area contributed by atoms with Gasteiger partial charge in [-0.15, -0.1) is 0 Å². The maximum Gasteiger partial charge on any atom is 0.416 e. The number of thiazole rings is 1. The van der Waals surface area contributed by atoms with Crippen LogP contribution in [0.3, 0.4) is 0 Å². The first-order valence-electron chi connectivity index (χ1n) is 11.0. The van der Waals surface area contributed by atoms with Crippen molar-refractivity contribution in [3.8, 4) is 5.88 Å². The Hall–Kier alpha value is -2.95. The average Bonchev–Trinajstić information content (AvgIpc) is 3.44. The van der Waals surface area contributed by atoms with E-state index in [1.54, 1.807) is 18.3 Å². The first kappa shape index (κ1) is 23.8. The SMILES string of the molecule is NC1CCN(c2nc(O)c(C(Cc3ccc(Cl)cc3C(F)(F)F)=c3ccc4c(c3)C=NN=4)s2)CC1. The first-order chi connectivity index (χ1) is 16.7. The van der Waals surface area contributed by atoms with Gasteiger partial charge >= 0.3 is 6.18 Å². The number of hydrogen-bond donors (Lipinski definition) is 2. The summed E-state index contributed by atoms with van der Waals surface area (Å²) in [5.41, 5.74) is 6.52. The van der Waals surface area contributed by atoms with Crippen LogP contribution < -0.4 is 21.2 Å². The summed E-state index contributed by atoms with van der Waals surface area (Å²) in [6.45, 7) is 1.41. The second-order valence-corrected chi connectivity index (χ2v) is 9.96. The number of fused-ring (bicyclic) bond motifs is 1. The minimum Gasteiger partial charge on any atom is -0.492 e. The van der Waals surface area contributed by atoms with Gasteiger partial charge in [-0.3, -0.25) is 0 Å². The third-order valence-electron chi connectivity index (χ3n) is 6.17. The van der Waals surface area contributed by atoms with Gasteiger partial charge in [0.25, 0.3) is 0 Å². The average molecular weight is 520 g/mol. The molecule has 2 aromatic carbocycles. The van der Waals surface area contributed by atoms with Crippen molar-refractivity contribution in [2.45, 2.75) is 31.5 Å². The first-order valence-corrected chi connectivity index (χ1v) is 12.2. The molecule has 0 spiro atoms. The predicted molar refractivity (Wildman–Crippen MR) is 131 cm³/mol. The number of hydrogen-bond acceptors (Lipinski definition) is 7. The molecule has 3 N–H and O–H groups in total. The van der Waals surface area contributed by atoms with E-state index in [0.717, 1.165) is 24.5 Å². The normalized spacial score (nSPS) is 16.9. The third kappa shape index (κ3) is 4.91. The quantitative estimate of drug-likeness (QED) is 0.548. The molecule has 0 bridgehead atoms. The molecule has 0 amide bonds. The summed E-state index contributed by atoms with van der Waals surface area (Å²) in [4.78, 5) is 6.82. The van der Waals surface area contributed by atoms with Gasteiger partial charge in [0.2, 0.25) is 5.88 Å². The van der Waals surface area contributed by atoms with E-state index in [0.29, 0.717) is 39.2 Å². The van der Waals surface area contributed by atoms with E-state index in [2.05, 4.69) is 15.2 Å². The van der Waals surface area contributed by atoms with E-state index >= 15 is 0 Å². The Morgan fingerprint density at radius 1 is 1.17 bits per heavy atom. The van der Waals surface area contributed by atoms with Crippen molar-refractivity contribution in [1.29, 1.82) is 0 Å². The van der Waals surface area contributed by atoms with Gasteiger partial charge in [0.15, 0.2) is 5.13 Å². The number of benzene rings is 2. The van der Waals surface area contributed by atoms with Crippen LogP contribution in [0.1, 0.15) is 34.4 Å². The van der Waals surface area contributed by atoms with Crippen LogP contribution in [0, 0.1) is 0 Å². The standard InChI is InChI=1S/C24H21ClF3N5OS/c25-16-3-1-14(19(11-16)24(26,27)28)10-18(13-2-4-20-15(9-13)12-30-32-20)21-22(34)31-23(35-21)33-7-5-17(29)6-8-33/h1-4,9,11-12,17,34H,5-8,10,29H2. The molecule has 0 saturated carbocycles. The molecule has 1 fully saturated rings. The Morgan fingerprint density at radius 3 is 2.69 bits per heavy atom. The van der Waals surface area contributed by atoms with Crippen LogP contribution in [0.2, 0.25) is 5.02 Å². The number of aromatic hydroxyl groups is 1. The third-order valence-corrected chi connectivity index (χ3v) is 7.57. The monoisotopic (exact) mass is 519 g/mol. The zero-order chi connectivity index (χ0) is 24.7. The van der Waals surface area contributed by atoms with Crippen LogP contribution in [-0.4, -0.2) is 35.4 Å². The molecular formula is C24H21ClF3N5OS. The van der Waals surface area contributed by atoms with Crippen molar-refractivity contribution in [3.63, 3.8) is 0 Å². The molecule has 0 aliphatic carbocycles. The van der Waals surface area contributed by atoms with E-state index in [9.17, 15) is 18.3 Å². The highest BCUT2D eigenvalue weighted by molar-refractivity contribution is 7.17. The highest BCUT2D eigenvalue weighted by Crippen LogP contribution is 2.40. The van der Waals surface area contributed by atoms with E-state index < -0.39 is 11.7 Å². The van der Waals surface area contributed by atoms with Crippen LogP contribution in [0.4, 0.5) is 18.3 Å². The zero-order valence-corrected chi connectivity index (χ0v) is 20.0. The summed E-state index contributed by atoms with van der Waals surface area (Å²) in [7, 11) is 0. The van der Waals surface area contributed by atoms with Crippen LogP contribution in [0.15, 0.2) is 46.6 Å². The van der Waals surface area contributed by atoms with E-state index in [1.807, 2.05) is 11.0 Å². The molecule has 3 aromatic rings. The fraction of sp³-hybridized carbons (Fsp3) is 0.292. The lowest BCUT2D eigenvalue weighted by Crippen LogP contribution is -2.39. The summed E-state index contributed by atoms with van der Waals surface area (Å²) < 4.78 is 41.5. The molecule has 0 unspecified atom stereocenters. The van der Waals surface area contributed by atoms with Gasteiger partial charge in [-0.25, -0.2) is 0 Å². The van der Waals surface area contributed by atoms with Crippen molar-refractivity contribution in [2.75, 3.05) is 18.0 Å². The van der Waals surface area contributed by atoms with Crippen molar-refractivity contribution in [3.05, 3.63) is 73.6 Å². The summed E-state index contributed by atoms with van der Waals surface area (Å²) in [6.07, 6.45) is -1.46. The Morgan fingerprint density at radius 2 is 1.94 bits per heavy atom. The molecule has 2 aliphatic rings. The fourth-order valence-electron chi connectivity index (χ4n) is 4.28. The van der Waals surface area contributed by atoms with Gasteiger partial charge in [-0.1, -0.05) is 35.1 Å². The molecule has 1 saturated heterocycles.